The highest BCUT2D eigenvalue weighted by Crippen LogP contribution is 2.44. The number of fused-ring (bicyclic) bond motifs is 5. The molecular weight excluding hydrogens is 773 g/mol. The van der Waals surface area contributed by atoms with Crippen LogP contribution in [0.25, 0.3) is 93.5 Å². The highest BCUT2D eigenvalue weighted by atomic mass is 15.1. The zero-order valence-electron chi connectivity index (χ0n) is 35.1. The van der Waals surface area contributed by atoms with Crippen LogP contribution < -0.4 is 4.90 Å². The van der Waals surface area contributed by atoms with Gasteiger partial charge in [-0.2, -0.15) is 0 Å². The van der Waals surface area contributed by atoms with Crippen LogP contribution in [0.15, 0.2) is 255 Å². The van der Waals surface area contributed by atoms with E-state index >= 15 is 0 Å². The molecule has 0 radical (unpaired) electrons. The van der Waals surface area contributed by atoms with Crippen LogP contribution in [0.4, 0.5) is 17.1 Å². The van der Waals surface area contributed by atoms with E-state index in [4.69, 9.17) is 0 Å². The van der Waals surface area contributed by atoms with Crippen molar-refractivity contribution >= 4 is 60.4 Å². The maximum atomic E-state index is 2.43. The molecule has 12 rings (SSSR count). The van der Waals surface area contributed by atoms with Crippen molar-refractivity contribution in [3.05, 3.63) is 255 Å². The highest BCUT2D eigenvalue weighted by Gasteiger charge is 2.20. The molecule has 0 unspecified atom stereocenters. The molecule has 0 N–H and O–H groups in total. The van der Waals surface area contributed by atoms with Gasteiger partial charge in [0.2, 0.25) is 0 Å². The zero-order chi connectivity index (χ0) is 42.4. The second-order valence-electron chi connectivity index (χ2n) is 16.5. The van der Waals surface area contributed by atoms with Crippen molar-refractivity contribution in [2.24, 2.45) is 0 Å². The van der Waals surface area contributed by atoms with Crippen LogP contribution in [0, 0.1) is 0 Å². The van der Waals surface area contributed by atoms with E-state index in [2.05, 4.69) is 264 Å². The molecule has 0 saturated heterocycles. The summed E-state index contributed by atoms with van der Waals surface area (Å²) in [5.41, 5.74) is 16.4. The van der Waals surface area contributed by atoms with Crippen molar-refractivity contribution in [3.63, 3.8) is 0 Å². The Morgan fingerprint density at radius 1 is 0.266 bits per heavy atom. The first-order valence-electron chi connectivity index (χ1n) is 22.0. The smallest absolute Gasteiger partial charge is 0.0541 e. The molecule has 0 aliphatic rings. The lowest BCUT2D eigenvalue weighted by atomic mass is 9.94. The molecule has 0 saturated carbocycles. The second kappa shape index (κ2) is 15.8. The Balaban J connectivity index is 1.01. The van der Waals surface area contributed by atoms with Gasteiger partial charge in [-0.3, -0.25) is 0 Å². The zero-order valence-corrected chi connectivity index (χ0v) is 35.1. The molecule has 1 aromatic heterocycles. The minimum atomic E-state index is 1.08. The molecule has 0 spiro atoms. The number of para-hydroxylation sites is 3. The summed E-state index contributed by atoms with van der Waals surface area (Å²) in [6.45, 7) is 0. The lowest BCUT2D eigenvalue weighted by Gasteiger charge is -2.28. The third kappa shape index (κ3) is 6.44. The number of nitrogens with zero attached hydrogens (tertiary/aromatic N) is 2. The van der Waals surface area contributed by atoms with Crippen LogP contribution in [0.3, 0.4) is 0 Å². The molecule has 0 atom stereocenters. The van der Waals surface area contributed by atoms with Gasteiger partial charge in [-0.1, -0.05) is 206 Å². The largest absolute Gasteiger partial charge is 0.310 e. The predicted octanol–water partition coefficient (Wildman–Crippen LogP) is 17.2. The van der Waals surface area contributed by atoms with E-state index in [9.17, 15) is 0 Å². The van der Waals surface area contributed by atoms with Crippen molar-refractivity contribution in [2.45, 2.75) is 0 Å². The minimum Gasteiger partial charge on any atom is -0.310 e. The van der Waals surface area contributed by atoms with E-state index in [-0.39, 0.29) is 0 Å². The van der Waals surface area contributed by atoms with E-state index in [0.717, 1.165) is 28.3 Å². The van der Waals surface area contributed by atoms with Gasteiger partial charge >= 0.3 is 0 Å². The molecule has 11 aromatic carbocycles. The van der Waals surface area contributed by atoms with E-state index < -0.39 is 0 Å². The van der Waals surface area contributed by atoms with Crippen LogP contribution in [0.2, 0.25) is 0 Å². The molecular formula is C62H42N2. The summed E-state index contributed by atoms with van der Waals surface area (Å²) < 4.78 is 2.42. The van der Waals surface area contributed by atoms with Crippen LogP contribution >= 0.6 is 0 Å². The summed E-state index contributed by atoms with van der Waals surface area (Å²) in [5.74, 6) is 0. The molecule has 0 aliphatic heterocycles. The van der Waals surface area contributed by atoms with Gasteiger partial charge in [0.25, 0.3) is 0 Å². The first kappa shape index (κ1) is 37.3. The summed E-state index contributed by atoms with van der Waals surface area (Å²) in [7, 11) is 0. The molecule has 0 aliphatic carbocycles. The lowest BCUT2D eigenvalue weighted by Crippen LogP contribution is -2.11. The molecule has 0 fully saturated rings. The van der Waals surface area contributed by atoms with Crippen molar-refractivity contribution in [1.29, 1.82) is 0 Å². The average Bonchev–Trinajstić information content (AvgIpc) is 3.71. The maximum absolute atomic E-state index is 2.43. The van der Waals surface area contributed by atoms with Gasteiger partial charge < -0.3 is 9.47 Å². The van der Waals surface area contributed by atoms with E-state index in [1.54, 1.807) is 0 Å². The van der Waals surface area contributed by atoms with Gasteiger partial charge in [-0.15, -0.1) is 0 Å². The van der Waals surface area contributed by atoms with E-state index in [1.165, 1.54) is 82.3 Å². The number of hydrogen-bond donors (Lipinski definition) is 0. The summed E-state index contributed by atoms with van der Waals surface area (Å²) in [6, 6.07) is 92.7. The summed E-state index contributed by atoms with van der Waals surface area (Å²) >= 11 is 0. The molecule has 300 valence electrons. The fourth-order valence-electron chi connectivity index (χ4n) is 9.80. The molecule has 2 heteroatoms. The Morgan fingerprint density at radius 2 is 0.766 bits per heavy atom. The van der Waals surface area contributed by atoms with E-state index in [1.807, 2.05) is 0 Å². The number of benzene rings is 11. The van der Waals surface area contributed by atoms with Crippen LogP contribution in [0.1, 0.15) is 0 Å². The standard InChI is InChI=1S/C62H42N2/c1-2-16-43(17-3-1)44-32-34-46(35-33-44)53-40-41-62(56-25-7-6-24-55(53)56)63(50-21-14-20-48(42-50)52-28-15-19-45-18-4-5-22-51(45)52)49-38-36-47(37-39-49)54-23-8-11-29-59(54)64-60-30-12-9-26-57(60)58-27-10-13-31-61(58)64/h1-42H. The number of hydrogen-bond acceptors (Lipinski definition) is 1. The van der Waals surface area contributed by atoms with Gasteiger partial charge in [0.1, 0.15) is 0 Å². The number of aromatic nitrogens is 1. The van der Waals surface area contributed by atoms with Gasteiger partial charge in [0.15, 0.2) is 0 Å². The Kier molecular flexibility index (Phi) is 9.20. The van der Waals surface area contributed by atoms with Crippen LogP contribution in [-0.4, -0.2) is 4.57 Å². The van der Waals surface area contributed by atoms with Crippen molar-refractivity contribution in [3.8, 4) is 50.2 Å². The predicted molar refractivity (Wildman–Crippen MR) is 272 cm³/mol. The Morgan fingerprint density at radius 3 is 1.53 bits per heavy atom. The molecule has 0 bridgehead atoms. The summed E-state index contributed by atoms with van der Waals surface area (Å²) in [4.78, 5) is 2.43. The quantitative estimate of drug-likeness (QED) is 0.148. The topological polar surface area (TPSA) is 8.17 Å². The Labute approximate surface area is 373 Å². The van der Waals surface area contributed by atoms with Gasteiger partial charge in [0.05, 0.1) is 22.4 Å². The van der Waals surface area contributed by atoms with Crippen LogP contribution in [-0.2, 0) is 0 Å². The highest BCUT2D eigenvalue weighted by molar-refractivity contribution is 6.10. The van der Waals surface area contributed by atoms with E-state index in [0.29, 0.717) is 0 Å². The fourth-order valence-corrected chi connectivity index (χ4v) is 9.80. The molecule has 0 amide bonds. The van der Waals surface area contributed by atoms with Gasteiger partial charge in [-0.25, -0.2) is 0 Å². The molecule has 12 aromatic rings. The fraction of sp³-hybridized carbons (Fsp3) is 0. The summed E-state index contributed by atoms with van der Waals surface area (Å²) in [6.07, 6.45) is 0. The van der Waals surface area contributed by atoms with Crippen molar-refractivity contribution in [1.82, 2.24) is 4.57 Å². The Hall–Kier alpha value is -8.46. The third-order valence-electron chi connectivity index (χ3n) is 12.8. The number of anilines is 3. The number of rotatable bonds is 8. The normalized spacial score (nSPS) is 11.4. The molecule has 64 heavy (non-hydrogen) atoms. The van der Waals surface area contributed by atoms with Gasteiger partial charge in [-0.05, 0) is 104 Å². The van der Waals surface area contributed by atoms with Crippen molar-refractivity contribution < 1.29 is 0 Å². The molecule has 2 nitrogen and oxygen atoms in total. The molecule has 1 heterocycles. The first-order valence-corrected chi connectivity index (χ1v) is 22.0. The minimum absolute atomic E-state index is 1.08. The van der Waals surface area contributed by atoms with Crippen LogP contribution in [0.5, 0.6) is 0 Å². The third-order valence-corrected chi connectivity index (χ3v) is 12.8. The SMILES string of the molecule is c1ccc(-c2ccc(-c3ccc(N(c4ccc(-c5ccccc5-n5c6ccccc6c6ccccc65)cc4)c4cccc(-c5cccc6ccccc56)c4)c4ccccc34)cc2)cc1. The Bertz CT molecular complexity index is 3600. The monoisotopic (exact) mass is 814 g/mol. The first-order chi connectivity index (χ1) is 31.8. The average molecular weight is 815 g/mol. The lowest BCUT2D eigenvalue weighted by molar-refractivity contribution is 1.18. The van der Waals surface area contributed by atoms with Crippen molar-refractivity contribution in [2.75, 3.05) is 4.90 Å². The summed E-state index contributed by atoms with van der Waals surface area (Å²) in [5, 5.41) is 7.38. The second-order valence-corrected chi connectivity index (χ2v) is 16.5. The maximum Gasteiger partial charge on any atom is 0.0541 e. The van der Waals surface area contributed by atoms with Gasteiger partial charge in [0, 0.05) is 33.1 Å².